The van der Waals surface area contributed by atoms with E-state index in [0.717, 1.165) is 77.0 Å². The predicted molar refractivity (Wildman–Crippen MR) is 110 cm³/mol. The van der Waals surface area contributed by atoms with Gasteiger partial charge in [-0.1, -0.05) is 30.5 Å². The molecule has 0 aliphatic heterocycles. The SMILES string of the molecule is Cc1cc(C)c(CCCCC2(C(=O)O)CC2)c(CCCCC2(C(=O)O)CC2)c1. The van der Waals surface area contributed by atoms with E-state index in [-0.39, 0.29) is 0 Å². The molecule has 0 heterocycles. The third-order valence-corrected chi connectivity index (χ3v) is 7.01. The second-order valence-electron chi connectivity index (χ2n) is 9.30. The Bertz CT molecular complexity index is 741. The van der Waals surface area contributed by atoms with Gasteiger partial charge in [-0.05, 0) is 94.7 Å². The van der Waals surface area contributed by atoms with Crippen LogP contribution in [0.2, 0.25) is 0 Å². The lowest BCUT2D eigenvalue weighted by Crippen LogP contribution is -2.14. The molecule has 0 radical (unpaired) electrons. The van der Waals surface area contributed by atoms with Crippen molar-refractivity contribution >= 4 is 11.9 Å². The second kappa shape index (κ2) is 8.26. The Balaban J connectivity index is 1.51. The summed E-state index contributed by atoms with van der Waals surface area (Å²) in [7, 11) is 0. The number of carboxylic acids is 2. The van der Waals surface area contributed by atoms with Crippen LogP contribution >= 0.6 is 0 Å². The summed E-state index contributed by atoms with van der Waals surface area (Å²) in [6.45, 7) is 4.31. The van der Waals surface area contributed by atoms with Crippen LogP contribution in [0.15, 0.2) is 12.1 Å². The largest absolute Gasteiger partial charge is 0.481 e. The highest BCUT2D eigenvalue weighted by atomic mass is 16.4. The summed E-state index contributed by atoms with van der Waals surface area (Å²) in [4.78, 5) is 22.6. The van der Waals surface area contributed by atoms with Crippen molar-refractivity contribution in [3.05, 3.63) is 34.4 Å². The molecular formula is C24H34O4. The van der Waals surface area contributed by atoms with Gasteiger partial charge in [0.25, 0.3) is 0 Å². The van der Waals surface area contributed by atoms with Gasteiger partial charge in [0.05, 0.1) is 10.8 Å². The predicted octanol–water partition coefficient (Wildman–Crippen LogP) is 5.46. The van der Waals surface area contributed by atoms with E-state index >= 15 is 0 Å². The van der Waals surface area contributed by atoms with Crippen LogP contribution in [0.1, 0.15) is 86.5 Å². The molecule has 0 spiro atoms. The van der Waals surface area contributed by atoms with Crippen molar-refractivity contribution in [1.29, 1.82) is 0 Å². The highest BCUT2D eigenvalue weighted by Gasteiger charge is 2.49. The van der Waals surface area contributed by atoms with Crippen molar-refractivity contribution in [2.24, 2.45) is 10.8 Å². The molecule has 1 aromatic rings. The van der Waals surface area contributed by atoms with Crippen molar-refractivity contribution in [3.63, 3.8) is 0 Å². The monoisotopic (exact) mass is 386 g/mol. The van der Waals surface area contributed by atoms with Gasteiger partial charge in [-0.25, -0.2) is 0 Å². The lowest BCUT2D eigenvalue weighted by Gasteiger charge is -2.16. The summed E-state index contributed by atoms with van der Waals surface area (Å²) in [5, 5.41) is 18.6. The first kappa shape index (κ1) is 20.9. The van der Waals surface area contributed by atoms with Crippen LogP contribution in [0.4, 0.5) is 0 Å². The number of hydrogen-bond donors (Lipinski definition) is 2. The minimum atomic E-state index is -0.616. The van der Waals surface area contributed by atoms with Crippen LogP contribution in [-0.2, 0) is 22.4 Å². The molecule has 2 saturated carbocycles. The molecule has 0 bridgehead atoms. The summed E-state index contributed by atoms with van der Waals surface area (Å²) < 4.78 is 0. The average molecular weight is 387 g/mol. The van der Waals surface area contributed by atoms with E-state index in [2.05, 4.69) is 26.0 Å². The Morgan fingerprint density at radius 2 is 1.32 bits per heavy atom. The van der Waals surface area contributed by atoms with Gasteiger partial charge in [0.2, 0.25) is 0 Å². The molecule has 0 amide bonds. The van der Waals surface area contributed by atoms with Gasteiger partial charge in [-0.2, -0.15) is 0 Å². The van der Waals surface area contributed by atoms with Gasteiger partial charge in [0, 0.05) is 0 Å². The molecular weight excluding hydrogens is 352 g/mol. The van der Waals surface area contributed by atoms with Crippen molar-refractivity contribution in [2.75, 3.05) is 0 Å². The van der Waals surface area contributed by atoms with Crippen molar-refractivity contribution in [2.45, 2.75) is 90.9 Å². The molecule has 2 N–H and O–H groups in total. The Kier molecular flexibility index (Phi) is 6.16. The number of benzene rings is 1. The third kappa shape index (κ3) is 4.76. The standard InChI is InChI=1S/C24H34O4/c1-17-15-18(2)20(8-4-6-10-24(13-14-24)22(27)28)19(16-17)7-3-5-9-23(11-12-23)21(25)26/h15-16H,3-14H2,1-2H3,(H,25,26)(H,27,28). The first-order valence-corrected chi connectivity index (χ1v) is 10.8. The minimum Gasteiger partial charge on any atom is -0.481 e. The van der Waals surface area contributed by atoms with E-state index in [9.17, 15) is 19.8 Å². The number of aryl methyl sites for hydroxylation is 3. The fraction of sp³-hybridized carbons (Fsp3) is 0.667. The molecule has 4 nitrogen and oxygen atoms in total. The quantitative estimate of drug-likeness (QED) is 0.468. The van der Waals surface area contributed by atoms with Crippen LogP contribution in [0.5, 0.6) is 0 Å². The zero-order valence-electron chi connectivity index (χ0n) is 17.4. The van der Waals surface area contributed by atoms with E-state index < -0.39 is 22.8 Å². The number of carbonyl (C=O) groups is 2. The Labute approximate surface area is 168 Å². The molecule has 2 fully saturated rings. The lowest BCUT2D eigenvalue weighted by atomic mass is 9.89. The topological polar surface area (TPSA) is 74.6 Å². The molecule has 0 saturated heterocycles. The van der Waals surface area contributed by atoms with E-state index in [4.69, 9.17) is 0 Å². The Hall–Kier alpha value is -1.84. The molecule has 154 valence electrons. The summed E-state index contributed by atoms with van der Waals surface area (Å²) in [6.07, 6.45) is 11.0. The maximum Gasteiger partial charge on any atom is 0.309 e. The van der Waals surface area contributed by atoms with Crippen molar-refractivity contribution in [3.8, 4) is 0 Å². The maximum absolute atomic E-state index is 11.3. The number of rotatable bonds is 12. The van der Waals surface area contributed by atoms with E-state index in [1.807, 2.05) is 0 Å². The molecule has 1 aromatic carbocycles. The van der Waals surface area contributed by atoms with E-state index in [0.29, 0.717) is 0 Å². The van der Waals surface area contributed by atoms with Gasteiger partial charge in [0.15, 0.2) is 0 Å². The molecule has 3 rings (SSSR count). The molecule has 28 heavy (non-hydrogen) atoms. The maximum atomic E-state index is 11.3. The number of hydrogen-bond acceptors (Lipinski definition) is 2. The zero-order valence-corrected chi connectivity index (χ0v) is 17.4. The fourth-order valence-corrected chi connectivity index (χ4v) is 4.65. The normalized spacial score (nSPS) is 18.6. The smallest absolute Gasteiger partial charge is 0.309 e. The zero-order chi connectivity index (χ0) is 20.4. The number of unbranched alkanes of at least 4 members (excludes halogenated alkanes) is 2. The van der Waals surface area contributed by atoms with Crippen molar-refractivity contribution < 1.29 is 19.8 Å². The van der Waals surface area contributed by atoms with Crippen LogP contribution in [0, 0.1) is 24.7 Å². The molecule has 4 heteroatoms. The van der Waals surface area contributed by atoms with Crippen LogP contribution in [0.25, 0.3) is 0 Å². The summed E-state index contributed by atoms with van der Waals surface area (Å²) in [5.74, 6) is -1.23. The average Bonchev–Trinajstić information content (AvgIpc) is 3.52. The molecule has 2 aliphatic carbocycles. The van der Waals surface area contributed by atoms with Gasteiger partial charge in [-0.3, -0.25) is 9.59 Å². The minimum absolute atomic E-state index is 0.408. The fourth-order valence-electron chi connectivity index (χ4n) is 4.65. The van der Waals surface area contributed by atoms with Crippen molar-refractivity contribution in [1.82, 2.24) is 0 Å². The van der Waals surface area contributed by atoms with Gasteiger partial charge in [-0.15, -0.1) is 0 Å². The van der Waals surface area contributed by atoms with Crippen LogP contribution < -0.4 is 0 Å². The highest BCUT2D eigenvalue weighted by molar-refractivity contribution is 5.78. The lowest BCUT2D eigenvalue weighted by molar-refractivity contribution is -0.144. The molecule has 0 atom stereocenters. The van der Waals surface area contributed by atoms with Crippen LogP contribution in [-0.4, -0.2) is 22.2 Å². The first-order valence-electron chi connectivity index (χ1n) is 10.8. The summed E-state index contributed by atoms with van der Waals surface area (Å²) >= 11 is 0. The van der Waals surface area contributed by atoms with Crippen LogP contribution in [0.3, 0.4) is 0 Å². The Morgan fingerprint density at radius 1 is 0.821 bits per heavy atom. The van der Waals surface area contributed by atoms with E-state index in [1.165, 1.54) is 22.3 Å². The number of carboxylic acid groups (broad SMARTS) is 2. The molecule has 0 unspecified atom stereocenters. The summed E-state index contributed by atoms with van der Waals surface area (Å²) in [5.41, 5.74) is 4.62. The second-order valence-corrected chi connectivity index (χ2v) is 9.30. The van der Waals surface area contributed by atoms with E-state index in [1.54, 1.807) is 0 Å². The Morgan fingerprint density at radius 3 is 1.79 bits per heavy atom. The van der Waals surface area contributed by atoms with Gasteiger partial charge >= 0.3 is 11.9 Å². The summed E-state index contributed by atoms with van der Waals surface area (Å²) in [6, 6.07) is 4.52. The molecule has 2 aliphatic rings. The number of aliphatic carboxylic acids is 2. The van der Waals surface area contributed by atoms with Gasteiger partial charge in [0.1, 0.15) is 0 Å². The first-order chi connectivity index (χ1) is 13.3. The third-order valence-electron chi connectivity index (χ3n) is 7.01. The highest BCUT2D eigenvalue weighted by Crippen LogP contribution is 2.50. The van der Waals surface area contributed by atoms with Gasteiger partial charge < -0.3 is 10.2 Å². The molecule has 0 aromatic heterocycles.